The molecular formula is C18H30N2O. The summed E-state index contributed by atoms with van der Waals surface area (Å²) < 4.78 is 5.90. The lowest BCUT2D eigenvalue weighted by Crippen LogP contribution is -2.35. The lowest BCUT2D eigenvalue weighted by molar-refractivity contribution is 0.202. The van der Waals surface area contributed by atoms with Crippen LogP contribution in [0.25, 0.3) is 0 Å². The van der Waals surface area contributed by atoms with Gasteiger partial charge in [0.25, 0.3) is 0 Å². The highest BCUT2D eigenvalue weighted by molar-refractivity contribution is 5.25. The van der Waals surface area contributed by atoms with E-state index in [9.17, 15) is 0 Å². The first-order valence-electron chi connectivity index (χ1n) is 8.28. The van der Waals surface area contributed by atoms with E-state index in [-0.39, 0.29) is 5.54 Å². The minimum absolute atomic E-state index is 0.128. The number of aryl methyl sites for hydroxylation is 1. The van der Waals surface area contributed by atoms with Crippen LogP contribution >= 0.6 is 0 Å². The zero-order valence-corrected chi connectivity index (χ0v) is 14.0. The molecule has 0 atom stereocenters. The Morgan fingerprint density at radius 1 is 1.19 bits per heavy atom. The van der Waals surface area contributed by atoms with Gasteiger partial charge in [-0.3, -0.25) is 0 Å². The van der Waals surface area contributed by atoms with E-state index in [1.807, 2.05) is 6.07 Å². The van der Waals surface area contributed by atoms with Crippen molar-refractivity contribution in [3.05, 3.63) is 23.4 Å². The molecule has 1 heterocycles. The number of pyridine rings is 1. The Morgan fingerprint density at radius 3 is 2.52 bits per heavy atom. The highest BCUT2D eigenvalue weighted by Crippen LogP contribution is 2.24. The van der Waals surface area contributed by atoms with Crippen LogP contribution in [0.1, 0.15) is 64.1 Å². The second-order valence-electron chi connectivity index (χ2n) is 7.31. The van der Waals surface area contributed by atoms with Crippen molar-refractivity contribution in [1.82, 2.24) is 10.3 Å². The van der Waals surface area contributed by atoms with Crippen LogP contribution in [-0.4, -0.2) is 17.1 Å². The van der Waals surface area contributed by atoms with E-state index in [2.05, 4.69) is 44.1 Å². The van der Waals surface area contributed by atoms with Gasteiger partial charge in [-0.15, -0.1) is 0 Å². The van der Waals surface area contributed by atoms with Gasteiger partial charge < -0.3 is 10.1 Å². The quantitative estimate of drug-likeness (QED) is 0.881. The van der Waals surface area contributed by atoms with E-state index in [0.29, 0.717) is 0 Å². The number of rotatable bonds is 5. The standard InChI is InChI=1S/C18H30N2O/c1-14-16(12-19-18(2,3)4)10-11-17(20-14)21-13-15-8-6-5-7-9-15/h10-11,15,19H,5-9,12-13H2,1-4H3. The number of hydrogen-bond donors (Lipinski definition) is 1. The van der Waals surface area contributed by atoms with Gasteiger partial charge in [-0.2, -0.15) is 0 Å². The Kier molecular flexibility index (Phi) is 5.63. The topological polar surface area (TPSA) is 34.1 Å². The predicted molar refractivity (Wildman–Crippen MR) is 87.6 cm³/mol. The minimum atomic E-state index is 0.128. The van der Waals surface area contributed by atoms with Gasteiger partial charge in [0.2, 0.25) is 5.88 Å². The molecule has 0 saturated heterocycles. The van der Waals surface area contributed by atoms with Crippen LogP contribution in [0.15, 0.2) is 12.1 Å². The Hall–Kier alpha value is -1.09. The summed E-state index contributed by atoms with van der Waals surface area (Å²) in [7, 11) is 0. The third-order valence-corrected chi connectivity index (χ3v) is 4.17. The molecule has 1 aromatic heterocycles. The van der Waals surface area contributed by atoms with Crippen molar-refractivity contribution in [1.29, 1.82) is 0 Å². The van der Waals surface area contributed by atoms with Gasteiger partial charge >= 0.3 is 0 Å². The van der Waals surface area contributed by atoms with Gasteiger partial charge in [0.15, 0.2) is 0 Å². The summed E-state index contributed by atoms with van der Waals surface area (Å²) in [5.41, 5.74) is 2.44. The molecule has 3 heteroatoms. The largest absolute Gasteiger partial charge is 0.477 e. The molecule has 118 valence electrons. The summed E-state index contributed by atoms with van der Waals surface area (Å²) in [5, 5.41) is 3.50. The molecule has 0 unspecified atom stereocenters. The van der Waals surface area contributed by atoms with Crippen molar-refractivity contribution >= 4 is 0 Å². The number of nitrogens with one attached hydrogen (secondary N) is 1. The average Bonchev–Trinajstić information content (AvgIpc) is 2.44. The van der Waals surface area contributed by atoms with Crippen LogP contribution in [0.5, 0.6) is 5.88 Å². The maximum Gasteiger partial charge on any atom is 0.213 e. The lowest BCUT2D eigenvalue weighted by atomic mass is 9.90. The Morgan fingerprint density at radius 2 is 1.90 bits per heavy atom. The molecule has 0 amide bonds. The fraction of sp³-hybridized carbons (Fsp3) is 0.722. The van der Waals surface area contributed by atoms with Gasteiger partial charge in [0, 0.05) is 23.8 Å². The first-order chi connectivity index (χ1) is 9.94. The normalized spacial score (nSPS) is 17.0. The fourth-order valence-corrected chi connectivity index (χ4v) is 2.75. The summed E-state index contributed by atoms with van der Waals surface area (Å²) in [6.07, 6.45) is 6.73. The zero-order chi connectivity index (χ0) is 15.3. The van der Waals surface area contributed by atoms with Gasteiger partial charge in [0.05, 0.1) is 6.61 Å². The van der Waals surface area contributed by atoms with Crippen LogP contribution < -0.4 is 10.1 Å². The van der Waals surface area contributed by atoms with Crippen molar-refractivity contribution in [3.8, 4) is 5.88 Å². The van der Waals surface area contributed by atoms with Crippen molar-refractivity contribution in [2.45, 2.75) is 71.9 Å². The molecule has 1 N–H and O–H groups in total. The molecule has 0 aliphatic heterocycles. The Bertz CT molecular complexity index is 445. The molecule has 1 saturated carbocycles. The number of ether oxygens (including phenoxy) is 1. The predicted octanol–water partition coefficient (Wildman–Crippen LogP) is 4.24. The maximum absolute atomic E-state index is 5.90. The zero-order valence-electron chi connectivity index (χ0n) is 14.0. The molecule has 1 fully saturated rings. The summed E-state index contributed by atoms with van der Waals surface area (Å²) in [4.78, 5) is 4.60. The van der Waals surface area contributed by atoms with E-state index < -0.39 is 0 Å². The summed E-state index contributed by atoms with van der Waals surface area (Å²) in [6.45, 7) is 10.3. The molecule has 0 spiro atoms. The molecule has 0 radical (unpaired) electrons. The third-order valence-electron chi connectivity index (χ3n) is 4.17. The molecule has 2 rings (SSSR count). The maximum atomic E-state index is 5.90. The van der Waals surface area contributed by atoms with Crippen LogP contribution in [0.2, 0.25) is 0 Å². The van der Waals surface area contributed by atoms with E-state index in [1.54, 1.807) is 0 Å². The molecule has 0 aromatic carbocycles. The monoisotopic (exact) mass is 290 g/mol. The molecule has 3 nitrogen and oxygen atoms in total. The van der Waals surface area contributed by atoms with E-state index in [1.165, 1.54) is 37.7 Å². The summed E-state index contributed by atoms with van der Waals surface area (Å²) in [6, 6.07) is 4.15. The highest BCUT2D eigenvalue weighted by atomic mass is 16.5. The smallest absolute Gasteiger partial charge is 0.213 e. The number of nitrogens with zero attached hydrogens (tertiary/aromatic N) is 1. The lowest BCUT2D eigenvalue weighted by Gasteiger charge is -2.22. The number of aromatic nitrogens is 1. The van der Waals surface area contributed by atoms with Gasteiger partial charge in [-0.05, 0) is 52.0 Å². The average molecular weight is 290 g/mol. The first-order valence-corrected chi connectivity index (χ1v) is 8.28. The second kappa shape index (κ2) is 7.26. The van der Waals surface area contributed by atoms with Crippen molar-refractivity contribution in [2.75, 3.05) is 6.61 Å². The Balaban J connectivity index is 1.86. The van der Waals surface area contributed by atoms with Crippen LogP contribution in [-0.2, 0) is 6.54 Å². The van der Waals surface area contributed by atoms with E-state index in [4.69, 9.17) is 4.74 Å². The van der Waals surface area contributed by atoms with Gasteiger partial charge in [-0.1, -0.05) is 25.3 Å². The highest BCUT2D eigenvalue weighted by Gasteiger charge is 2.15. The van der Waals surface area contributed by atoms with E-state index in [0.717, 1.165) is 30.6 Å². The van der Waals surface area contributed by atoms with Gasteiger partial charge in [0.1, 0.15) is 0 Å². The van der Waals surface area contributed by atoms with Crippen molar-refractivity contribution < 1.29 is 4.74 Å². The molecule has 1 aromatic rings. The summed E-state index contributed by atoms with van der Waals surface area (Å²) in [5.74, 6) is 1.50. The van der Waals surface area contributed by atoms with Gasteiger partial charge in [-0.25, -0.2) is 4.98 Å². The molecular weight excluding hydrogens is 260 g/mol. The Labute approximate surface area is 129 Å². The first kappa shape index (κ1) is 16.3. The SMILES string of the molecule is Cc1nc(OCC2CCCCC2)ccc1CNC(C)(C)C. The van der Waals surface area contributed by atoms with Crippen LogP contribution in [0.4, 0.5) is 0 Å². The van der Waals surface area contributed by atoms with Crippen molar-refractivity contribution in [3.63, 3.8) is 0 Å². The minimum Gasteiger partial charge on any atom is -0.477 e. The van der Waals surface area contributed by atoms with Crippen LogP contribution in [0, 0.1) is 12.8 Å². The molecule has 0 bridgehead atoms. The van der Waals surface area contributed by atoms with Crippen LogP contribution in [0.3, 0.4) is 0 Å². The fourth-order valence-electron chi connectivity index (χ4n) is 2.75. The molecule has 1 aliphatic carbocycles. The summed E-state index contributed by atoms with van der Waals surface area (Å²) >= 11 is 0. The number of hydrogen-bond acceptors (Lipinski definition) is 3. The van der Waals surface area contributed by atoms with Crippen molar-refractivity contribution in [2.24, 2.45) is 5.92 Å². The second-order valence-corrected chi connectivity index (χ2v) is 7.31. The van der Waals surface area contributed by atoms with E-state index >= 15 is 0 Å². The molecule has 1 aliphatic rings. The molecule has 21 heavy (non-hydrogen) atoms. The third kappa shape index (κ3) is 5.66.